The third kappa shape index (κ3) is 3.73. The van der Waals surface area contributed by atoms with Crippen LogP contribution in [0.5, 0.6) is 0 Å². The van der Waals surface area contributed by atoms with Crippen LogP contribution in [0.2, 0.25) is 0 Å². The fourth-order valence-electron chi connectivity index (χ4n) is 2.45. The molecule has 0 N–H and O–H groups in total. The summed E-state index contributed by atoms with van der Waals surface area (Å²) >= 11 is 0. The highest BCUT2D eigenvalue weighted by Crippen LogP contribution is 2.35. The maximum absolute atomic E-state index is 3.88. The molecule has 0 saturated heterocycles. The molecule has 0 spiro atoms. The summed E-state index contributed by atoms with van der Waals surface area (Å²) in [6, 6.07) is 6.66. The first-order valence-electron chi connectivity index (χ1n) is 7.12. The van der Waals surface area contributed by atoms with E-state index in [0.717, 1.165) is 13.1 Å². The van der Waals surface area contributed by atoms with Crippen LogP contribution >= 0.6 is 0 Å². The van der Waals surface area contributed by atoms with E-state index in [2.05, 4.69) is 64.0 Å². The molecule has 19 heavy (non-hydrogen) atoms. The lowest BCUT2D eigenvalue weighted by molar-refractivity contribution is 0.806. The second kappa shape index (κ2) is 7.18. The van der Waals surface area contributed by atoms with Crippen molar-refractivity contribution in [3.8, 4) is 0 Å². The summed E-state index contributed by atoms with van der Waals surface area (Å²) in [5, 5.41) is 0. The lowest BCUT2D eigenvalue weighted by Crippen LogP contribution is -2.26. The van der Waals surface area contributed by atoms with Gasteiger partial charge in [0, 0.05) is 18.8 Å². The Morgan fingerprint density at radius 1 is 0.947 bits per heavy atom. The molecule has 0 heterocycles. The largest absolute Gasteiger partial charge is 0.364 e. The first kappa shape index (κ1) is 15.6. The first-order valence-corrected chi connectivity index (χ1v) is 7.12. The van der Waals surface area contributed by atoms with Crippen LogP contribution in [0.4, 0.5) is 5.69 Å². The Labute approximate surface area is 118 Å². The van der Waals surface area contributed by atoms with Crippen LogP contribution in [-0.2, 0) is 0 Å². The highest BCUT2D eigenvalue weighted by Gasteiger charge is 2.17. The van der Waals surface area contributed by atoms with Gasteiger partial charge in [-0.05, 0) is 23.0 Å². The van der Waals surface area contributed by atoms with Crippen molar-refractivity contribution in [1.82, 2.24) is 0 Å². The maximum atomic E-state index is 3.88. The predicted octanol–water partition coefficient (Wildman–Crippen LogP) is 5.11. The lowest BCUT2D eigenvalue weighted by atomic mass is 9.92. The summed E-state index contributed by atoms with van der Waals surface area (Å²) < 4.78 is 0. The van der Waals surface area contributed by atoms with Gasteiger partial charge < -0.3 is 4.90 Å². The molecule has 1 rings (SSSR count). The van der Waals surface area contributed by atoms with E-state index in [1.165, 1.54) is 16.8 Å². The standard InChI is InChI=1S/C18H27N/c1-7-12-19(13-8-2)18-16(14(3)4)10-9-11-17(18)15(5)6/h7-11,14-15H,1-2,12-13H2,3-6H3. The molecule has 0 aliphatic carbocycles. The molecule has 0 radical (unpaired) electrons. The third-order valence-electron chi connectivity index (χ3n) is 3.36. The molecule has 0 unspecified atom stereocenters. The fraction of sp³-hybridized carbons (Fsp3) is 0.444. The number of hydrogen-bond acceptors (Lipinski definition) is 1. The van der Waals surface area contributed by atoms with E-state index in [9.17, 15) is 0 Å². The minimum atomic E-state index is 0.519. The summed E-state index contributed by atoms with van der Waals surface area (Å²) in [6.07, 6.45) is 3.93. The quantitative estimate of drug-likeness (QED) is 0.613. The van der Waals surface area contributed by atoms with E-state index in [4.69, 9.17) is 0 Å². The topological polar surface area (TPSA) is 3.24 Å². The van der Waals surface area contributed by atoms with E-state index < -0.39 is 0 Å². The van der Waals surface area contributed by atoms with E-state index in [-0.39, 0.29) is 0 Å². The molecule has 1 aromatic carbocycles. The zero-order valence-corrected chi connectivity index (χ0v) is 12.8. The second-order valence-electron chi connectivity index (χ2n) is 5.58. The zero-order valence-electron chi connectivity index (χ0n) is 12.8. The van der Waals surface area contributed by atoms with Crippen molar-refractivity contribution in [2.45, 2.75) is 39.5 Å². The van der Waals surface area contributed by atoms with E-state index in [1.54, 1.807) is 0 Å². The number of benzene rings is 1. The van der Waals surface area contributed by atoms with Crippen LogP contribution in [-0.4, -0.2) is 13.1 Å². The average molecular weight is 257 g/mol. The van der Waals surface area contributed by atoms with Crippen LogP contribution in [0, 0.1) is 0 Å². The molecular weight excluding hydrogens is 230 g/mol. The third-order valence-corrected chi connectivity index (χ3v) is 3.36. The minimum Gasteiger partial charge on any atom is -0.364 e. The fourth-order valence-corrected chi connectivity index (χ4v) is 2.45. The Kier molecular flexibility index (Phi) is 5.88. The van der Waals surface area contributed by atoms with Gasteiger partial charge in [0.1, 0.15) is 0 Å². The number of hydrogen-bond donors (Lipinski definition) is 0. The first-order chi connectivity index (χ1) is 9.02. The van der Waals surface area contributed by atoms with Gasteiger partial charge in [0.25, 0.3) is 0 Å². The Hall–Kier alpha value is -1.50. The summed E-state index contributed by atoms with van der Waals surface area (Å²) in [4.78, 5) is 2.37. The van der Waals surface area contributed by atoms with Crippen molar-refractivity contribution in [2.75, 3.05) is 18.0 Å². The van der Waals surface area contributed by atoms with Crippen LogP contribution in [0.15, 0.2) is 43.5 Å². The zero-order chi connectivity index (χ0) is 14.4. The summed E-state index contributed by atoms with van der Waals surface area (Å²) in [5.41, 5.74) is 4.19. The lowest BCUT2D eigenvalue weighted by Gasteiger charge is -2.30. The van der Waals surface area contributed by atoms with Crippen LogP contribution in [0.3, 0.4) is 0 Å². The molecule has 0 aromatic heterocycles. The Morgan fingerprint density at radius 3 is 1.68 bits per heavy atom. The van der Waals surface area contributed by atoms with E-state index in [0.29, 0.717) is 11.8 Å². The van der Waals surface area contributed by atoms with Crippen molar-refractivity contribution in [3.63, 3.8) is 0 Å². The minimum absolute atomic E-state index is 0.519. The van der Waals surface area contributed by atoms with Crippen molar-refractivity contribution in [2.24, 2.45) is 0 Å². The smallest absolute Gasteiger partial charge is 0.0442 e. The molecule has 1 aromatic rings. The Balaban J connectivity index is 3.40. The van der Waals surface area contributed by atoms with E-state index >= 15 is 0 Å². The van der Waals surface area contributed by atoms with Gasteiger partial charge in [-0.15, -0.1) is 13.2 Å². The van der Waals surface area contributed by atoms with Crippen molar-refractivity contribution < 1.29 is 0 Å². The van der Waals surface area contributed by atoms with Gasteiger partial charge in [-0.3, -0.25) is 0 Å². The summed E-state index contributed by atoms with van der Waals surface area (Å²) in [6.45, 7) is 18.5. The predicted molar refractivity (Wildman–Crippen MR) is 87.2 cm³/mol. The molecule has 0 amide bonds. The molecule has 0 saturated carbocycles. The van der Waals surface area contributed by atoms with Crippen LogP contribution in [0.1, 0.15) is 50.7 Å². The molecule has 1 nitrogen and oxygen atoms in total. The van der Waals surface area contributed by atoms with Gasteiger partial charge in [-0.2, -0.15) is 0 Å². The molecule has 0 aliphatic rings. The Morgan fingerprint density at radius 2 is 1.37 bits per heavy atom. The number of rotatable bonds is 7. The molecule has 0 atom stereocenters. The van der Waals surface area contributed by atoms with Gasteiger partial charge in [0.2, 0.25) is 0 Å². The molecule has 104 valence electrons. The summed E-state index contributed by atoms with van der Waals surface area (Å²) in [7, 11) is 0. The maximum Gasteiger partial charge on any atom is 0.0442 e. The average Bonchev–Trinajstić information content (AvgIpc) is 2.37. The number of nitrogens with zero attached hydrogens (tertiary/aromatic N) is 1. The molecule has 0 aliphatic heterocycles. The van der Waals surface area contributed by atoms with E-state index in [1.807, 2.05) is 12.2 Å². The van der Waals surface area contributed by atoms with Gasteiger partial charge in [-0.1, -0.05) is 58.0 Å². The van der Waals surface area contributed by atoms with Crippen molar-refractivity contribution in [1.29, 1.82) is 0 Å². The molecule has 0 bridgehead atoms. The normalized spacial score (nSPS) is 10.8. The highest BCUT2D eigenvalue weighted by molar-refractivity contribution is 5.62. The van der Waals surface area contributed by atoms with Gasteiger partial charge >= 0.3 is 0 Å². The van der Waals surface area contributed by atoms with Gasteiger partial charge in [0.15, 0.2) is 0 Å². The monoisotopic (exact) mass is 257 g/mol. The number of anilines is 1. The molecule has 1 heteroatoms. The molecule has 0 fully saturated rings. The summed E-state index contributed by atoms with van der Waals surface area (Å²) in [5.74, 6) is 1.04. The highest BCUT2D eigenvalue weighted by atomic mass is 15.1. The van der Waals surface area contributed by atoms with Crippen LogP contribution in [0.25, 0.3) is 0 Å². The number of para-hydroxylation sites is 1. The van der Waals surface area contributed by atoms with Gasteiger partial charge in [0.05, 0.1) is 0 Å². The van der Waals surface area contributed by atoms with Crippen molar-refractivity contribution >= 4 is 5.69 Å². The SMILES string of the molecule is C=CCN(CC=C)c1c(C(C)C)cccc1C(C)C. The molecular formula is C18H27N. The second-order valence-corrected chi connectivity index (χ2v) is 5.58. The van der Waals surface area contributed by atoms with Crippen LogP contribution < -0.4 is 4.90 Å². The van der Waals surface area contributed by atoms with Crippen molar-refractivity contribution in [3.05, 3.63) is 54.6 Å². The van der Waals surface area contributed by atoms with Gasteiger partial charge in [-0.25, -0.2) is 0 Å². The Bertz CT molecular complexity index is 393.